The molecule has 0 aromatic carbocycles. The van der Waals surface area contributed by atoms with E-state index in [0.717, 1.165) is 11.3 Å². The molecule has 0 amide bonds. The van der Waals surface area contributed by atoms with E-state index in [-0.39, 0.29) is 6.04 Å². The lowest BCUT2D eigenvalue weighted by Crippen LogP contribution is -2.23. The van der Waals surface area contributed by atoms with Gasteiger partial charge >= 0.3 is 5.97 Å². The quantitative estimate of drug-likeness (QED) is 0.884. The lowest BCUT2D eigenvalue weighted by Gasteiger charge is -2.16. The van der Waals surface area contributed by atoms with Crippen LogP contribution < -0.4 is 0 Å². The van der Waals surface area contributed by atoms with Crippen molar-refractivity contribution in [1.29, 1.82) is 0 Å². The first-order valence-electron chi connectivity index (χ1n) is 5.57. The molecule has 7 heteroatoms. The highest BCUT2D eigenvalue weighted by molar-refractivity contribution is 5.70. The summed E-state index contributed by atoms with van der Waals surface area (Å²) in [5.41, 5.74) is 0.738. The van der Waals surface area contributed by atoms with Gasteiger partial charge in [-0.2, -0.15) is 0 Å². The molecule has 2 atom stereocenters. The van der Waals surface area contributed by atoms with Gasteiger partial charge in [-0.25, -0.2) is 4.68 Å². The molecule has 18 heavy (non-hydrogen) atoms. The van der Waals surface area contributed by atoms with Gasteiger partial charge in [0.05, 0.1) is 17.5 Å². The van der Waals surface area contributed by atoms with Crippen LogP contribution in [0.1, 0.15) is 25.6 Å². The minimum atomic E-state index is -0.882. The molecule has 96 valence electrons. The van der Waals surface area contributed by atoms with Crippen molar-refractivity contribution < 1.29 is 14.3 Å². The summed E-state index contributed by atoms with van der Waals surface area (Å²) in [5.74, 6) is -0.210. The fraction of sp³-hybridized carbons (Fsp3) is 0.455. The van der Waals surface area contributed by atoms with Crippen LogP contribution >= 0.6 is 0 Å². The average Bonchev–Trinajstić information content (AvgIpc) is 2.94. The summed E-state index contributed by atoms with van der Waals surface area (Å²) in [6.07, 6.45) is 1.55. The molecule has 2 aromatic rings. The number of rotatable bonds is 4. The van der Waals surface area contributed by atoms with E-state index >= 15 is 0 Å². The number of carboxylic acid groups (broad SMARTS) is 1. The Morgan fingerprint density at radius 3 is 2.78 bits per heavy atom. The SMILES string of the molecule is Cc1cc(-c2nnnn2C(C)C(C)C(=O)O)co1. The molecule has 0 bridgehead atoms. The van der Waals surface area contributed by atoms with Gasteiger partial charge in [0.1, 0.15) is 12.0 Å². The predicted octanol–water partition coefficient (Wildman–Crippen LogP) is 1.52. The molecule has 0 fully saturated rings. The molecular formula is C11H14N4O3. The monoisotopic (exact) mass is 250 g/mol. The first-order chi connectivity index (χ1) is 8.50. The van der Waals surface area contributed by atoms with Crippen molar-refractivity contribution in [3.8, 4) is 11.4 Å². The maximum absolute atomic E-state index is 11.0. The van der Waals surface area contributed by atoms with Crippen LogP contribution in [-0.2, 0) is 4.79 Å². The van der Waals surface area contributed by atoms with Crippen LogP contribution in [0.25, 0.3) is 11.4 Å². The first-order valence-corrected chi connectivity index (χ1v) is 5.57. The highest BCUT2D eigenvalue weighted by atomic mass is 16.4. The van der Waals surface area contributed by atoms with Gasteiger partial charge in [0, 0.05) is 0 Å². The van der Waals surface area contributed by atoms with E-state index in [2.05, 4.69) is 15.5 Å². The Morgan fingerprint density at radius 1 is 1.50 bits per heavy atom. The van der Waals surface area contributed by atoms with Crippen molar-refractivity contribution in [3.63, 3.8) is 0 Å². The lowest BCUT2D eigenvalue weighted by atomic mass is 10.0. The highest BCUT2D eigenvalue weighted by Crippen LogP contribution is 2.24. The van der Waals surface area contributed by atoms with E-state index in [1.54, 1.807) is 26.2 Å². The van der Waals surface area contributed by atoms with Gasteiger partial charge in [0.2, 0.25) is 0 Å². The van der Waals surface area contributed by atoms with Crippen LogP contribution in [0.15, 0.2) is 16.7 Å². The standard InChI is InChI=1S/C11H14N4O3/c1-6-4-9(5-18-6)10-12-13-14-15(10)8(3)7(2)11(16)17/h4-5,7-8H,1-3H3,(H,16,17). The summed E-state index contributed by atoms with van der Waals surface area (Å²) in [7, 11) is 0. The summed E-state index contributed by atoms with van der Waals surface area (Å²) in [5, 5.41) is 20.4. The first kappa shape index (κ1) is 12.3. The van der Waals surface area contributed by atoms with Crippen LogP contribution in [0.3, 0.4) is 0 Å². The number of carbonyl (C=O) groups is 1. The normalized spacial score (nSPS) is 14.4. The van der Waals surface area contributed by atoms with Gasteiger partial charge in [-0.1, -0.05) is 0 Å². The minimum Gasteiger partial charge on any atom is -0.481 e. The molecule has 2 heterocycles. The van der Waals surface area contributed by atoms with Gasteiger partial charge in [0.15, 0.2) is 5.82 Å². The molecular weight excluding hydrogens is 236 g/mol. The third kappa shape index (κ3) is 2.11. The second-order valence-electron chi connectivity index (χ2n) is 4.26. The summed E-state index contributed by atoms with van der Waals surface area (Å²) in [6.45, 7) is 5.21. The molecule has 0 aliphatic carbocycles. The maximum Gasteiger partial charge on any atom is 0.308 e. The Bertz CT molecular complexity index is 560. The lowest BCUT2D eigenvalue weighted by molar-refractivity contribution is -0.142. The molecule has 0 radical (unpaired) electrons. The topological polar surface area (TPSA) is 94.0 Å². The summed E-state index contributed by atoms with van der Waals surface area (Å²) < 4.78 is 6.71. The van der Waals surface area contributed by atoms with Crippen molar-refractivity contribution in [2.45, 2.75) is 26.8 Å². The molecule has 2 unspecified atom stereocenters. The van der Waals surface area contributed by atoms with Crippen molar-refractivity contribution >= 4 is 5.97 Å². The van der Waals surface area contributed by atoms with E-state index in [0.29, 0.717) is 5.82 Å². The van der Waals surface area contributed by atoms with Gasteiger partial charge in [-0.15, -0.1) is 5.10 Å². The zero-order chi connectivity index (χ0) is 13.3. The predicted molar refractivity (Wildman–Crippen MR) is 61.8 cm³/mol. The van der Waals surface area contributed by atoms with E-state index in [1.165, 1.54) is 4.68 Å². The van der Waals surface area contributed by atoms with E-state index in [4.69, 9.17) is 9.52 Å². The van der Waals surface area contributed by atoms with Crippen LogP contribution in [0.4, 0.5) is 0 Å². The smallest absolute Gasteiger partial charge is 0.308 e. The zero-order valence-electron chi connectivity index (χ0n) is 10.4. The molecule has 0 aliphatic heterocycles. The third-order valence-electron chi connectivity index (χ3n) is 2.98. The second kappa shape index (κ2) is 4.59. The Morgan fingerprint density at radius 2 is 2.22 bits per heavy atom. The number of nitrogens with zero attached hydrogens (tertiary/aromatic N) is 4. The second-order valence-corrected chi connectivity index (χ2v) is 4.26. The minimum absolute atomic E-state index is 0.345. The zero-order valence-corrected chi connectivity index (χ0v) is 10.4. The molecule has 0 saturated carbocycles. The molecule has 0 aliphatic rings. The number of aliphatic carboxylic acids is 1. The van der Waals surface area contributed by atoms with Gasteiger partial charge in [-0.3, -0.25) is 4.79 Å². The number of carboxylic acids is 1. The van der Waals surface area contributed by atoms with Crippen LogP contribution in [0, 0.1) is 12.8 Å². The number of hydrogen-bond acceptors (Lipinski definition) is 5. The van der Waals surface area contributed by atoms with Crippen molar-refractivity contribution in [1.82, 2.24) is 20.2 Å². The largest absolute Gasteiger partial charge is 0.481 e. The molecule has 2 aromatic heterocycles. The van der Waals surface area contributed by atoms with E-state index in [9.17, 15) is 4.79 Å². The molecule has 2 rings (SSSR count). The number of aromatic nitrogens is 4. The van der Waals surface area contributed by atoms with Gasteiger partial charge in [0.25, 0.3) is 0 Å². The van der Waals surface area contributed by atoms with Crippen molar-refractivity contribution in [2.24, 2.45) is 5.92 Å². The van der Waals surface area contributed by atoms with Crippen LogP contribution in [0.2, 0.25) is 0 Å². The summed E-state index contributed by atoms with van der Waals surface area (Å²) in [6, 6.07) is 1.46. The molecule has 7 nitrogen and oxygen atoms in total. The molecule has 0 spiro atoms. The maximum atomic E-state index is 11.0. The fourth-order valence-electron chi connectivity index (χ4n) is 1.64. The molecule has 1 N–H and O–H groups in total. The van der Waals surface area contributed by atoms with E-state index in [1.807, 2.05) is 6.92 Å². The Hall–Kier alpha value is -2.18. The Labute approximate surface area is 103 Å². The van der Waals surface area contributed by atoms with Gasteiger partial charge in [-0.05, 0) is 37.3 Å². The van der Waals surface area contributed by atoms with E-state index < -0.39 is 11.9 Å². The number of tetrazole rings is 1. The Balaban J connectivity index is 2.36. The van der Waals surface area contributed by atoms with Crippen LogP contribution in [-0.4, -0.2) is 31.3 Å². The number of aryl methyl sites for hydroxylation is 1. The average molecular weight is 250 g/mol. The summed E-state index contributed by atoms with van der Waals surface area (Å²) in [4.78, 5) is 11.0. The third-order valence-corrected chi connectivity index (χ3v) is 2.98. The van der Waals surface area contributed by atoms with Crippen LogP contribution in [0.5, 0.6) is 0 Å². The van der Waals surface area contributed by atoms with Crippen molar-refractivity contribution in [2.75, 3.05) is 0 Å². The number of furan rings is 1. The summed E-state index contributed by atoms with van der Waals surface area (Å²) >= 11 is 0. The number of hydrogen-bond donors (Lipinski definition) is 1. The van der Waals surface area contributed by atoms with Crippen molar-refractivity contribution in [3.05, 3.63) is 18.1 Å². The Kier molecular flexibility index (Phi) is 3.14. The highest BCUT2D eigenvalue weighted by Gasteiger charge is 2.25. The van der Waals surface area contributed by atoms with Gasteiger partial charge < -0.3 is 9.52 Å². The molecule has 0 saturated heterocycles. The fourth-order valence-corrected chi connectivity index (χ4v) is 1.64.